The first-order chi connectivity index (χ1) is 11.1. The number of aromatic nitrogens is 1. The molecule has 2 atom stereocenters. The summed E-state index contributed by atoms with van der Waals surface area (Å²) in [7, 11) is 0. The van der Waals surface area contributed by atoms with Gasteiger partial charge in [-0.1, -0.05) is 0 Å². The molecule has 0 aliphatic carbocycles. The van der Waals surface area contributed by atoms with Crippen molar-refractivity contribution < 1.29 is 9.53 Å². The van der Waals surface area contributed by atoms with Crippen LogP contribution in [0.3, 0.4) is 0 Å². The van der Waals surface area contributed by atoms with Gasteiger partial charge in [-0.15, -0.1) is 11.3 Å². The van der Waals surface area contributed by atoms with Crippen LogP contribution in [0.1, 0.15) is 42.2 Å². The molecule has 0 bridgehead atoms. The van der Waals surface area contributed by atoms with E-state index in [4.69, 9.17) is 10.5 Å². The summed E-state index contributed by atoms with van der Waals surface area (Å²) in [5.41, 5.74) is 6.00. The normalized spacial score (nSPS) is 22.2. The summed E-state index contributed by atoms with van der Waals surface area (Å²) in [5.74, 6) is -0.0851. The first kappa shape index (κ1) is 18.3. The summed E-state index contributed by atoms with van der Waals surface area (Å²) >= 11 is 1.49. The molecule has 3 N–H and O–H groups in total. The summed E-state index contributed by atoms with van der Waals surface area (Å²) in [5, 5.41) is 5.67. The van der Waals surface area contributed by atoms with Crippen molar-refractivity contribution in [2.24, 2.45) is 5.73 Å². The van der Waals surface area contributed by atoms with Crippen molar-refractivity contribution in [1.29, 1.82) is 0 Å². The number of amides is 1. The van der Waals surface area contributed by atoms with Crippen LogP contribution in [0.15, 0.2) is 5.38 Å². The van der Waals surface area contributed by atoms with Gasteiger partial charge in [-0.05, 0) is 39.8 Å². The van der Waals surface area contributed by atoms with Crippen LogP contribution >= 0.6 is 11.3 Å². The number of hydrogen-bond donors (Lipinski definition) is 2. The van der Waals surface area contributed by atoms with Gasteiger partial charge < -0.3 is 15.8 Å². The maximum Gasteiger partial charge on any atom is 0.270 e. The number of rotatable bonds is 8. The number of morpholine rings is 1. The summed E-state index contributed by atoms with van der Waals surface area (Å²) in [4.78, 5) is 18.7. The fourth-order valence-corrected chi connectivity index (χ4v) is 3.67. The Bertz CT molecular complexity index is 484. The Morgan fingerprint density at radius 1 is 1.43 bits per heavy atom. The minimum atomic E-state index is -0.0851. The molecule has 7 heteroatoms. The van der Waals surface area contributed by atoms with Crippen LogP contribution in [0, 0.1) is 0 Å². The monoisotopic (exact) mass is 340 g/mol. The van der Waals surface area contributed by atoms with Crippen molar-refractivity contribution in [2.75, 3.05) is 32.7 Å². The van der Waals surface area contributed by atoms with Gasteiger partial charge >= 0.3 is 0 Å². The van der Waals surface area contributed by atoms with Gasteiger partial charge in [0.25, 0.3) is 5.91 Å². The Labute approximate surface area is 142 Å². The van der Waals surface area contributed by atoms with Gasteiger partial charge in [0.05, 0.1) is 17.2 Å². The molecule has 2 unspecified atom stereocenters. The molecule has 2 rings (SSSR count). The Kier molecular flexibility index (Phi) is 7.42. The number of nitrogens with one attached hydrogen (secondary N) is 1. The molecule has 130 valence electrons. The third-order valence-electron chi connectivity index (χ3n) is 3.82. The largest absolute Gasteiger partial charge is 0.373 e. The Balaban J connectivity index is 1.60. The number of ether oxygens (including phenoxy) is 1. The molecule has 1 aliphatic heterocycles. The number of nitrogens with two attached hydrogens (primary N) is 1. The molecule has 0 radical (unpaired) electrons. The van der Waals surface area contributed by atoms with E-state index in [1.807, 2.05) is 0 Å². The Morgan fingerprint density at radius 3 is 2.87 bits per heavy atom. The summed E-state index contributed by atoms with van der Waals surface area (Å²) in [6.45, 7) is 8.56. The molecule has 6 nitrogen and oxygen atoms in total. The van der Waals surface area contributed by atoms with Gasteiger partial charge in [-0.25, -0.2) is 4.98 Å². The van der Waals surface area contributed by atoms with E-state index in [-0.39, 0.29) is 5.91 Å². The van der Waals surface area contributed by atoms with Crippen molar-refractivity contribution >= 4 is 17.2 Å². The molecule has 0 saturated carbocycles. The average molecular weight is 340 g/mol. The van der Waals surface area contributed by atoms with Crippen LogP contribution < -0.4 is 11.1 Å². The zero-order valence-electron chi connectivity index (χ0n) is 14.1. The van der Waals surface area contributed by atoms with Crippen LogP contribution in [-0.2, 0) is 11.2 Å². The number of nitrogens with zero attached hydrogens (tertiary/aromatic N) is 2. The standard InChI is InChI=1S/C16H28N4O2S/c1-12-9-20(10-13(2)22-12)8-4-3-7-18-16(21)14-11-23-15(19-14)5-6-17/h11-13H,3-10,17H2,1-2H3,(H,18,21). The van der Waals surface area contributed by atoms with E-state index in [1.54, 1.807) is 5.38 Å². The second kappa shape index (κ2) is 9.32. The SMILES string of the molecule is CC1CN(CCCCNC(=O)c2csc(CCN)n2)CC(C)O1. The number of thiazole rings is 1. The smallest absolute Gasteiger partial charge is 0.270 e. The lowest BCUT2D eigenvalue weighted by molar-refractivity contribution is -0.0681. The molecule has 2 heterocycles. The molecule has 1 fully saturated rings. The molecular formula is C16H28N4O2S. The van der Waals surface area contributed by atoms with Gasteiger partial charge in [-0.3, -0.25) is 9.69 Å². The maximum atomic E-state index is 12.0. The maximum absolute atomic E-state index is 12.0. The van der Waals surface area contributed by atoms with E-state index in [1.165, 1.54) is 11.3 Å². The first-order valence-corrected chi connectivity index (χ1v) is 9.27. The lowest BCUT2D eigenvalue weighted by atomic mass is 10.2. The zero-order valence-corrected chi connectivity index (χ0v) is 14.9. The molecular weight excluding hydrogens is 312 g/mol. The number of carbonyl (C=O) groups excluding carboxylic acids is 1. The summed E-state index contributed by atoms with van der Waals surface area (Å²) in [6, 6.07) is 0. The van der Waals surface area contributed by atoms with Gasteiger partial charge in [0.15, 0.2) is 0 Å². The van der Waals surface area contributed by atoms with Gasteiger partial charge in [0.1, 0.15) is 5.69 Å². The summed E-state index contributed by atoms with van der Waals surface area (Å²) < 4.78 is 5.73. The van der Waals surface area contributed by atoms with Crippen LogP contribution in [0.25, 0.3) is 0 Å². The molecule has 1 saturated heterocycles. The molecule has 0 spiro atoms. The fraction of sp³-hybridized carbons (Fsp3) is 0.750. The van der Waals surface area contributed by atoms with Gasteiger partial charge in [-0.2, -0.15) is 0 Å². The Morgan fingerprint density at radius 2 is 2.17 bits per heavy atom. The second-order valence-electron chi connectivity index (χ2n) is 6.15. The van der Waals surface area contributed by atoms with Crippen LogP contribution in [-0.4, -0.2) is 60.7 Å². The number of hydrogen-bond acceptors (Lipinski definition) is 6. The number of carbonyl (C=O) groups is 1. The van der Waals surface area contributed by atoms with Crippen molar-refractivity contribution in [3.63, 3.8) is 0 Å². The molecule has 1 aromatic heterocycles. The van der Waals surface area contributed by atoms with E-state index in [0.717, 1.165) is 43.9 Å². The van der Waals surface area contributed by atoms with Crippen LogP contribution in [0.5, 0.6) is 0 Å². The van der Waals surface area contributed by atoms with E-state index < -0.39 is 0 Å². The third-order valence-corrected chi connectivity index (χ3v) is 4.73. The van der Waals surface area contributed by atoms with Gasteiger partial charge in [0.2, 0.25) is 0 Å². The van der Waals surface area contributed by atoms with Crippen molar-refractivity contribution in [2.45, 2.75) is 45.3 Å². The first-order valence-electron chi connectivity index (χ1n) is 8.39. The van der Waals surface area contributed by atoms with E-state index in [2.05, 4.69) is 29.0 Å². The van der Waals surface area contributed by atoms with Crippen molar-refractivity contribution in [3.8, 4) is 0 Å². The molecule has 1 aromatic rings. The predicted molar refractivity (Wildman–Crippen MR) is 92.9 cm³/mol. The van der Waals surface area contributed by atoms with Crippen LogP contribution in [0.2, 0.25) is 0 Å². The third kappa shape index (κ3) is 6.18. The predicted octanol–water partition coefficient (Wildman–Crippen LogP) is 1.26. The topological polar surface area (TPSA) is 80.5 Å². The lowest BCUT2D eigenvalue weighted by Gasteiger charge is -2.35. The fourth-order valence-electron chi connectivity index (χ4n) is 2.87. The molecule has 1 amide bonds. The highest BCUT2D eigenvalue weighted by atomic mass is 32.1. The number of unbranched alkanes of at least 4 members (excludes halogenated alkanes) is 1. The highest BCUT2D eigenvalue weighted by molar-refractivity contribution is 7.09. The van der Waals surface area contributed by atoms with Gasteiger partial charge in [0, 0.05) is 31.4 Å². The van der Waals surface area contributed by atoms with E-state index >= 15 is 0 Å². The van der Waals surface area contributed by atoms with Crippen LogP contribution in [0.4, 0.5) is 0 Å². The Hall–Kier alpha value is -1.02. The minimum Gasteiger partial charge on any atom is -0.373 e. The van der Waals surface area contributed by atoms with Crippen molar-refractivity contribution in [1.82, 2.24) is 15.2 Å². The molecule has 0 aromatic carbocycles. The van der Waals surface area contributed by atoms with Crippen molar-refractivity contribution in [3.05, 3.63) is 16.1 Å². The average Bonchev–Trinajstić information content (AvgIpc) is 2.95. The zero-order chi connectivity index (χ0) is 16.7. The van der Waals surface area contributed by atoms with E-state index in [0.29, 0.717) is 31.0 Å². The van der Waals surface area contributed by atoms with E-state index in [9.17, 15) is 4.79 Å². The summed E-state index contributed by atoms with van der Waals surface area (Å²) in [6.07, 6.45) is 3.41. The highest BCUT2D eigenvalue weighted by Gasteiger charge is 2.21. The minimum absolute atomic E-state index is 0.0851. The highest BCUT2D eigenvalue weighted by Crippen LogP contribution is 2.11. The quantitative estimate of drug-likeness (QED) is 0.697. The molecule has 1 aliphatic rings. The molecule has 23 heavy (non-hydrogen) atoms. The lowest BCUT2D eigenvalue weighted by Crippen LogP contribution is -2.45. The second-order valence-corrected chi connectivity index (χ2v) is 7.09.